The smallest absolute Gasteiger partial charge is 0.220 e. The summed E-state index contributed by atoms with van der Waals surface area (Å²) >= 11 is 0. The molecule has 12 N–H and O–H groups in total. The Bertz CT molecular complexity index is 1910. The van der Waals surface area contributed by atoms with Gasteiger partial charge in [-0.1, -0.05) is 148 Å². The van der Waals surface area contributed by atoms with Crippen molar-refractivity contribution in [3.8, 4) is 0 Å². The summed E-state index contributed by atoms with van der Waals surface area (Å²) in [6.45, 7) is 1.38. The SMILES string of the molecule is CC/C=C\C/C=C\C/C=C\C/C=C\C/C=C\C/C=C\C/C=C\C/C=C\C/C=C\CCCC(=O)NC(COC1OC(CO)C(OC2OC(CO)C(OC3OC(CO)C(O)C(O)C3O)C(O)C2O)C(O)C1O)C(O)/C=C/CCCCC. The lowest BCUT2D eigenvalue weighted by molar-refractivity contribution is -0.379. The molecule has 3 fully saturated rings. The summed E-state index contributed by atoms with van der Waals surface area (Å²) in [7, 11) is 0. The van der Waals surface area contributed by atoms with Crippen molar-refractivity contribution in [2.75, 3.05) is 26.4 Å². The molecule has 0 saturated carbocycles. The van der Waals surface area contributed by atoms with Gasteiger partial charge in [-0.2, -0.15) is 0 Å². The van der Waals surface area contributed by atoms with Crippen molar-refractivity contribution in [3.05, 3.63) is 122 Å². The number of carbonyl (C=O) groups excluding carboxylic acids is 1. The molecule has 17 unspecified atom stereocenters. The molecule has 0 spiro atoms. The highest BCUT2D eigenvalue weighted by Gasteiger charge is 2.53. The van der Waals surface area contributed by atoms with Gasteiger partial charge in [0.2, 0.25) is 5.91 Å². The minimum absolute atomic E-state index is 0.152. The maximum atomic E-state index is 13.2. The van der Waals surface area contributed by atoms with E-state index in [1.54, 1.807) is 6.08 Å². The number of hydrogen-bond donors (Lipinski definition) is 12. The lowest BCUT2D eigenvalue weighted by Gasteiger charge is -2.48. The standard InChI is InChI=1S/C60H95NO18/c1-3-5-7-9-10-11-12-13-14-15-16-17-18-19-20-21-22-23-24-25-26-27-28-29-30-31-32-34-36-38-48(66)61-43(44(65)37-35-33-8-6-4-2)42-74-58-54(72)51(69)56(46(40-63)76-58)79-60-55(73)52(70)57(47(41-64)77-60)78-59-53(71)50(68)49(67)45(39-62)75-59/h5,7,10-11,13-14,16-17,19-20,22-23,25-26,28-29,31-32,35,37,43-47,49-60,62-65,67-73H,3-4,6,8-9,12,15,18,21,24,27,30,33-34,36,38-42H2,1-2H3,(H,61,66)/b7-5-,11-10-,14-13-,17-16-,20-19-,23-22-,26-25-,29-28-,32-31-,37-35+. The van der Waals surface area contributed by atoms with Gasteiger partial charge in [0.15, 0.2) is 18.9 Å². The zero-order chi connectivity index (χ0) is 57.6. The highest BCUT2D eigenvalue weighted by molar-refractivity contribution is 5.76. The average molecular weight is 1120 g/mol. The van der Waals surface area contributed by atoms with Gasteiger partial charge in [-0.3, -0.25) is 4.79 Å². The molecule has 79 heavy (non-hydrogen) atoms. The van der Waals surface area contributed by atoms with Crippen LogP contribution in [0, 0.1) is 0 Å². The molecule has 3 rings (SSSR count). The van der Waals surface area contributed by atoms with Crippen LogP contribution in [0.2, 0.25) is 0 Å². The first-order valence-corrected chi connectivity index (χ1v) is 28.3. The van der Waals surface area contributed by atoms with E-state index in [0.717, 1.165) is 77.0 Å². The van der Waals surface area contributed by atoms with Crippen LogP contribution in [0.25, 0.3) is 0 Å². The molecule has 0 bridgehead atoms. The van der Waals surface area contributed by atoms with Crippen molar-refractivity contribution in [3.63, 3.8) is 0 Å². The van der Waals surface area contributed by atoms with E-state index in [1.165, 1.54) is 0 Å². The molecule has 1 amide bonds. The number of unbranched alkanes of at least 4 members (excludes halogenated alkanes) is 4. The van der Waals surface area contributed by atoms with E-state index in [2.05, 4.69) is 116 Å². The number of aliphatic hydroxyl groups excluding tert-OH is 11. The second kappa shape index (κ2) is 42.1. The Morgan fingerprint density at radius 3 is 1.30 bits per heavy atom. The van der Waals surface area contributed by atoms with Gasteiger partial charge in [-0.05, 0) is 83.5 Å². The maximum Gasteiger partial charge on any atom is 0.220 e. The minimum atomic E-state index is -1.99. The summed E-state index contributed by atoms with van der Waals surface area (Å²) in [4.78, 5) is 13.2. The van der Waals surface area contributed by atoms with Crippen LogP contribution < -0.4 is 5.32 Å². The summed E-state index contributed by atoms with van der Waals surface area (Å²) in [6.07, 6.45) is 28.5. The van der Waals surface area contributed by atoms with Crippen LogP contribution in [0.4, 0.5) is 0 Å². The third kappa shape index (κ3) is 26.3. The number of hydrogen-bond acceptors (Lipinski definition) is 18. The van der Waals surface area contributed by atoms with Gasteiger partial charge in [-0.25, -0.2) is 0 Å². The zero-order valence-electron chi connectivity index (χ0n) is 46.3. The summed E-state index contributed by atoms with van der Waals surface area (Å²) in [5, 5.41) is 119. The molecule has 19 nitrogen and oxygen atoms in total. The predicted octanol–water partition coefficient (Wildman–Crippen LogP) is 4.14. The van der Waals surface area contributed by atoms with E-state index in [0.29, 0.717) is 19.3 Å². The first kappa shape index (κ1) is 69.5. The first-order chi connectivity index (χ1) is 38.3. The molecule has 3 aliphatic heterocycles. The fraction of sp³-hybridized carbons (Fsp3) is 0.650. The highest BCUT2D eigenvalue weighted by Crippen LogP contribution is 2.33. The lowest BCUT2D eigenvalue weighted by atomic mass is 9.96. The molecule has 0 aliphatic carbocycles. The number of allylic oxidation sites excluding steroid dienone is 19. The molecule has 17 atom stereocenters. The quantitative estimate of drug-likeness (QED) is 0.0305. The van der Waals surface area contributed by atoms with Crippen molar-refractivity contribution in [1.82, 2.24) is 5.32 Å². The van der Waals surface area contributed by atoms with Crippen LogP contribution in [0.15, 0.2) is 122 Å². The summed E-state index contributed by atoms with van der Waals surface area (Å²) in [5.74, 6) is -0.349. The molecular formula is C60H95NO18. The number of aliphatic hydroxyl groups is 11. The molecule has 0 aromatic carbocycles. The predicted molar refractivity (Wildman–Crippen MR) is 300 cm³/mol. The third-order valence-electron chi connectivity index (χ3n) is 13.3. The van der Waals surface area contributed by atoms with Gasteiger partial charge in [-0.15, -0.1) is 0 Å². The van der Waals surface area contributed by atoms with E-state index in [4.69, 9.17) is 28.4 Å². The molecule has 448 valence electrons. The summed E-state index contributed by atoms with van der Waals surface area (Å²) in [6, 6.07) is -1.01. The van der Waals surface area contributed by atoms with E-state index in [-0.39, 0.29) is 18.9 Å². The van der Waals surface area contributed by atoms with Crippen molar-refractivity contribution in [2.24, 2.45) is 0 Å². The van der Waals surface area contributed by atoms with Gasteiger partial charge in [0.05, 0.1) is 38.6 Å². The molecule has 0 aromatic heterocycles. The summed E-state index contributed by atoms with van der Waals surface area (Å²) in [5.41, 5.74) is 0. The lowest BCUT2D eigenvalue weighted by Crippen LogP contribution is -2.66. The van der Waals surface area contributed by atoms with Crippen LogP contribution in [0.1, 0.15) is 117 Å². The molecule has 0 aromatic rings. The number of ether oxygens (including phenoxy) is 6. The van der Waals surface area contributed by atoms with Crippen LogP contribution in [0.3, 0.4) is 0 Å². The Labute approximate surface area is 467 Å². The maximum absolute atomic E-state index is 13.2. The van der Waals surface area contributed by atoms with E-state index < -0.39 is 124 Å². The van der Waals surface area contributed by atoms with E-state index in [1.807, 2.05) is 18.2 Å². The van der Waals surface area contributed by atoms with Crippen LogP contribution in [0.5, 0.6) is 0 Å². The van der Waals surface area contributed by atoms with E-state index >= 15 is 0 Å². The first-order valence-electron chi connectivity index (χ1n) is 28.3. The van der Waals surface area contributed by atoms with Crippen LogP contribution in [-0.4, -0.2) is 193 Å². The van der Waals surface area contributed by atoms with Crippen molar-refractivity contribution < 1.29 is 89.4 Å². The monoisotopic (exact) mass is 1120 g/mol. The summed E-state index contributed by atoms with van der Waals surface area (Å²) < 4.78 is 34.0. The molecular weight excluding hydrogens is 1020 g/mol. The number of carbonyl (C=O) groups is 1. The Kier molecular flexibility index (Phi) is 37.0. The van der Waals surface area contributed by atoms with E-state index in [9.17, 15) is 61.0 Å². The third-order valence-corrected chi connectivity index (χ3v) is 13.3. The molecule has 3 aliphatic rings. The fourth-order valence-corrected chi connectivity index (χ4v) is 8.60. The Morgan fingerprint density at radius 1 is 0.468 bits per heavy atom. The number of rotatable bonds is 38. The fourth-order valence-electron chi connectivity index (χ4n) is 8.60. The van der Waals surface area contributed by atoms with Gasteiger partial charge in [0.25, 0.3) is 0 Å². The minimum Gasteiger partial charge on any atom is -0.394 e. The van der Waals surface area contributed by atoms with Gasteiger partial charge < -0.3 is 89.9 Å². The van der Waals surface area contributed by atoms with Crippen LogP contribution in [-0.2, 0) is 33.2 Å². The Morgan fingerprint density at radius 2 is 0.861 bits per heavy atom. The second-order valence-corrected chi connectivity index (χ2v) is 19.7. The molecule has 3 saturated heterocycles. The second-order valence-electron chi connectivity index (χ2n) is 19.7. The Hall–Kier alpha value is -3.81. The Balaban J connectivity index is 1.41. The molecule has 3 heterocycles. The molecule has 0 radical (unpaired) electrons. The normalized spacial score (nSPS) is 31.2. The highest BCUT2D eigenvalue weighted by atomic mass is 16.8. The number of nitrogens with one attached hydrogen (secondary N) is 1. The number of amides is 1. The van der Waals surface area contributed by atoms with Crippen LogP contribution >= 0.6 is 0 Å². The van der Waals surface area contributed by atoms with Gasteiger partial charge in [0.1, 0.15) is 73.2 Å². The average Bonchev–Trinajstić information content (AvgIpc) is 3.48. The van der Waals surface area contributed by atoms with Crippen molar-refractivity contribution in [2.45, 2.75) is 221 Å². The zero-order valence-corrected chi connectivity index (χ0v) is 46.3. The topological polar surface area (TPSA) is 307 Å². The molecule has 19 heteroatoms. The van der Waals surface area contributed by atoms with Crippen molar-refractivity contribution in [1.29, 1.82) is 0 Å². The largest absolute Gasteiger partial charge is 0.394 e. The van der Waals surface area contributed by atoms with Gasteiger partial charge >= 0.3 is 0 Å². The van der Waals surface area contributed by atoms with Gasteiger partial charge in [0, 0.05) is 6.42 Å². The van der Waals surface area contributed by atoms with Crippen molar-refractivity contribution >= 4 is 5.91 Å².